The van der Waals surface area contributed by atoms with Crippen LogP contribution in [-0.2, 0) is 6.54 Å². The zero-order valence-corrected chi connectivity index (χ0v) is 13.3. The Bertz CT molecular complexity index is 427. The summed E-state index contributed by atoms with van der Waals surface area (Å²) in [5.74, 6) is 2.19. The zero-order valence-electron chi connectivity index (χ0n) is 13.3. The minimum Gasteiger partial charge on any atom is -0.310 e. The van der Waals surface area contributed by atoms with E-state index in [2.05, 4.69) is 26.1 Å². The number of benzene rings is 1. The van der Waals surface area contributed by atoms with Crippen molar-refractivity contribution >= 4 is 0 Å². The van der Waals surface area contributed by atoms with Gasteiger partial charge < -0.3 is 5.32 Å². The van der Waals surface area contributed by atoms with Gasteiger partial charge in [0.1, 0.15) is 0 Å². The predicted octanol–water partition coefficient (Wildman–Crippen LogP) is 5.17. The van der Waals surface area contributed by atoms with Gasteiger partial charge in [-0.25, -0.2) is 8.78 Å². The fourth-order valence-electron chi connectivity index (χ4n) is 3.47. The molecule has 0 amide bonds. The van der Waals surface area contributed by atoms with E-state index in [4.69, 9.17) is 0 Å². The van der Waals surface area contributed by atoms with E-state index in [1.807, 2.05) is 12.1 Å². The Morgan fingerprint density at radius 1 is 1.14 bits per heavy atom. The molecule has 3 heteroatoms. The van der Waals surface area contributed by atoms with Crippen molar-refractivity contribution < 1.29 is 8.78 Å². The minimum absolute atomic E-state index is 0.102. The van der Waals surface area contributed by atoms with Crippen LogP contribution in [0.5, 0.6) is 0 Å². The molecule has 3 atom stereocenters. The highest BCUT2D eigenvalue weighted by atomic mass is 19.3. The monoisotopic (exact) mass is 295 g/mol. The van der Waals surface area contributed by atoms with Gasteiger partial charge in [-0.2, -0.15) is 0 Å². The molecule has 1 aliphatic rings. The Kier molecular flexibility index (Phi) is 5.74. The molecular weight excluding hydrogens is 268 g/mol. The average molecular weight is 295 g/mol. The van der Waals surface area contributed by atoms with Crippen LogP contribution in [0.15, 0.2) is 24.3 Å². The lowest BCUT2D eigenvalue weighted by atomic mass is 9.74. The van der Waals surface area contributed by atoms with E-state index in [9.17, 15) is 8.78 Å². The molecule has 0 aliphatic heterocycles. The summed E-state index contributed by atoms with van der Waals surface area (Å²) in [7, 11) is 0. The molecule has 3 unspecified atom stereocenters. The Labute approximate surface area is 127 Å². The quantitative estimate of drug-likeness (QED) is 0.789. The maximum Gasteiger partial charge on any atom is 0.263 e. The molecule has 0 spiro atoms. The van der Waals surface area contributed by atoms with Gasteiger partial charge in [-0.1, -0.05) is 51.5 Å². The second kappa shape index (κ2) is 7.35. The number of halogens is 2. The molecule has 1 saturated carbocycles. The normalized spacial score (nSPS) is 26.5. The largest absolute Gasteiger partial charge is 0.310 e. The lowest BCUT2D eigenvalue weighted by Crippen LogP contribution is -2.42. The fourth-order valence-corrected chi connectivity index (χ4v) is 3.47. The number of alkyl halides is 2. The van der Waals surface area contributed by atoms with Gasteiger partial charge in [-0.05, 0) is 36.2 Å². The van der Waals surface area contributed by atoms with E-state index in [0.29, 0.717) is 12.0 Å². The molecule has 21 heavy (non-hydrogen) atoms. The lowest BCUT2D eigenvalue weighted by molar-refractivity contribution is 0.151. The van der Waals surface area contributed by atoms with E-state index < -0.39 is 6.43 Å². The molecule has 0 radical (unpaired) electrons. The highest BCUT2D eigenvalue weighted by Crippen LogP contribution is 2.33. The fraction of sp³-hybridized carbons (Fsp3) is 0.667. The topological polar surface area (TPSA) is 12.0 Å². The van der Waals surface area contributed by atoms with Crippen LogP contribution in [0.1, 0.15) is 57.6 Å². The van der Waals surface area contributed by atoms with Crippen LogP contribution in [0.4, 0.5) is 8.78 Å². The van der Waals surface area contributed by atoms with E-state index in [1.165, 1.54) is 31.4 Å². The molecule has 1 fully saturated rings. The summed E-state index contributed by atoms with van der Waals surface area (Å²) >= 11 is 0. The third kappa shape index (κ3) is 4.50. The van der Waals surface area contributed by atoms with Crippen LogP contribution < -0.4 is 5.32 Å². The van der Waals surface area contributed by atoms with Crippen molar-refractivity contribution in [2.75, 3.05) is 0 Å². The summed E-state index contributed by atoms with van der Waals surface area (Å²) in [5, 5.41) is 3.66. The Balaban J connectivity index is 1.93. The molecular formula is C18H27F2N. The van der Waals surface area contributed by atoms with Crippen molar-refractivity contribution in [1.82, 2.24) is 5.32 Å². The molecule has 1 N–H and O–H groups in total. The second-order valence-corrected chi connectivity index (χ2v) is 6.86. The molecule has 1 aromatic rings. The first-order valence-electron chi connectivity index (χ1n) is 8.07. The number of hydrogen-bond acceptors (Lipinski definition) is 1. The van der Waals surface area contributed by atoms with Gasteiger partial charge in [0.05, 0.1) is 0 Å². The average Bonchev–Trinajstić information content (AvgIpc) is 2.45. The lowest BCUT2D eigenvalue weighted by Gasteiger charge is -2.38. The maximum atomic E-state index is 12.5. The molecule has 1 aromatic carbocycles. The van der Waals surface area contributed by atoms with Crippen molar-refractivity contribution in [1.29, 1.82) is 0 Å². The van der Waals surface area contributed by atoms with E-state index in [-0.39, 0.29) is 5.56 Å². The molecule has 0 bridgehead atoms. The van der Waals surface area contributed by atoms with Gasteiger partial charge in [-0.3, -0.25) is 0 Å². The summed E-state index contributed by atoms with van der Waals surface area (Å²) in [4.78, 5) is 0. The molecule has 2 rings (SSSR count). The number of nitrogens with one attached hydrogen (secondary N) is 1. The highest BCUT2D eigenvalue weighted by molar-refractivity contribution is 5.23. The summed E-state index contributed by atoms with van der Waals surface area (Å²) < 4.78 is 25.1. The minimum atomic E-state index is -2.38. The van der Waals surface area contributed by atoms with Crippen LogP contribution >= 0.6 is 0 Å². The number of rotatable bonds is 5. The summed E-state index contributed by atoms with van der Waals surface area (Å²) in [6.07, 6.45) is 1.46. The highest BCUT2D eigenvalue weighted by Gasteiger charge is 2.30. The van der Waals surface area contributed by atoms with Gasteiger partial charge in [0.2, 0.25) is 0 Å². The smallest absolute Gasteiger partial charge is 0.263 e. The predicted molar refractivity (Wildman–Crippen MR) is 83.4 cm³/mol. The van der Waals surface area contributed by atoms with Crippen LogP contribution in [0.25, 0.3) is 0 Å². The summed E-state index contributed by atoms with van der Waals surface area (Å²) in [6, 6.07) is 7.23. The van der Waals surface area contributed by atoms with Gasteiger partial charge >= 0.3 is 0 Å². The van der Waals surface area contributed by atoms with Crippen LogP contribution in [-0.4, -0.2) is 6.04 Å². The van der Waals surface area contributed by atoms with E-state index in [1.54, 1.807) is 0 Å². The Morgan fingerprint density at radius 3 is 2.38 bits per heavy atom. The van der Waals surface area contributed by atoms with Gasteiger partial charge in [0, 0.05) is 18.2 Å². The summed E-state index contributed by atoms with van der Waals surface area (Å²) in [5.41, 5.74) is 1.19. The molecule has 0 aromatic heterocycles. The van der Waals surface area contributed by atoms with Crippen LogP contribution in [0.3, 0.4) is 0 Å². The first-order chi connectivity index (χ1) is 9.97. The molecule has 1 nitrogen and oxygen atoms in total. The van der Waals surface area contributed by atoms with Gasteiger partial charge in [0.25, 0.3) is 6.43 Å². The maximum absolute atomic E-state index is 12.5. The third-order valence-electron chi connectivity index (χ3n) is 4.82. The van der Waals surface area contributed by atoms with Crippen molar-refractivity contribution in [2.45, 2.75) is 59.0 Å². The number of hydrogen-bond donors (Lipinski definition) is 1. The van der Waals surface area contributed by atoms with Gasteiger partial charge in [0.15, 0.2) is 0 Å². The Hall–Kier alpha value is -0.960. The Morgan fingerprint density at radius 2 is 1.81 bits per heavy atom. The first kappa shape index (κ1) is 16.4. The SMILES string of the molecule is CC1CCC(C(C)C)C(NCc2ccc(C(F)F)cc2)C1. The summed E-state index contributed by atoms with van der Waals surface area (Å²) in [6.45, 7) is 7.69. The van der Waals surface area contributed by atoms with Gasteiger partial charge in [-0.15, -0.1) is 0 Å². The molecule has 1 aliphatic carbocycles. The van der Waals surface area contributed by atoms with Crippen molar-refractivity contribution in [3.05, 3.63) is 35.4 Å². The first-order valence-corrected chi connectivity index (χ1v) is 8.07. The van der Waals surface area contributed by atoms with Crippen LogP contribution in [0, 0.1) is 17.8 Å². The second-order valence-electron chi connectivity index (χ2n) is 6.86. The van der Waals surface area contributed by atoms with E-state index in [0.717, 1.165) is 23.9 Å². The van der Waals surface area contributed by atoms with Crippen molar-refractivity contribution in [2.24, 2.45) is 17.8 Å². The zero-order chi connectivity index (χ0) is 15.4. The molecule has 118 valence electrons. The third-order valence-corrected chi connectivity index (χ3v) is 4.82. The molecule has 0 heterocycles. The van der Waals surface area contributed by atoms with Crippen molar-refractivity contribution in [3.8, 4) is 0 Å². The van der Waals surface area contributed by atoms with Crippen LogP contribution in [0.2, 0.25) is 0 Å². The molecule has 0 saturated heterocycles. The van der Waals surface area contributed by atoms with E-state index >= 15 is 0 Å². The standard InChI is InChI=1S/C18H27F2N/c1-12(2)16-9-4-13(3)10-17(16)21-11-14-5-7-15(8-6-14)18(19)20/h5-8,12-13,16-18,21H,4,9-11H2,1-3H3. The van der Waals surface area contributed by atoms with Crippen molar-refractivity contribution in [3.63, 3.8) is 0 Å².